The predicted octanol–water partition coefficient (Wildman–Crippen LogP) is 2.44. The lowest BCUT2D eigenvalue weighted by Gasteiger charge is -2.09. The number of nitrogens with zero attached hydrogens (tertiary/aromatic N) is 4. The molecule has 134 valence electrons. The van der Waals surface area contributed by atoms with Crippen molar-refractivity contribution in [3.63, 3.8) is 0 Å². The molecule has 0 bridgehead atoms. The van der Waals surface area contributed by atoms with Crippen LogP contribution in [0.3, 0.4) is 0 Å². The fraction of sp³-hybridized carbons (Fsp3) is 0.176. The SMILES string of the molecule is NC(=O)Cn1nnc(-c2ccccc2Cc2ccc(C(F)(F)F)cc2)n1. The normalized spacial score (nSPS) is 11.5. The third-order valence-electron chi connectivity index (χ3n) is 3.68. The molecule has 0 saturated carbocycles. The summed E-state index contributed by atoms with van der Waals surface area (Å²) in [6.45, 7) is -0.186. The smallest absolute Gasteiger partial charge is 0.368 e. The van der Waals surface area contributed by atoms with Crippen LogP contribution in [-0.2, 0) is 23.9 Å². The van der Waals surface area contributed by atoms with Crippen molar-refractivity contribution in [1.82, 2.24) is 20.2 Å². The molecule has 0 aliphatic heterocycles. The summed E-state index contributed by atoms with van der Waals surface area (Å²) < 4.78 is 38.0. The molecular formula is C17H14F3N5O. The summed E-state index contributed by atoms with van der Waals surface area (Å²) in [6.07, 6.45) is -3.96. The number of carbonyl (C=O) groups is 1. The van der Waals surface area contributed by atoms with Crippen molar-refractivity contribution in [2.75, 3.05) is 0 Å². The Kier molecular flexibility index (Phi) is 4.70. The first-order valence-corrected chi connectivity index (χ1v) is 7.63. The van der Waals surface area contributed by atoms with Gasteiger partial charge in [0.15, 0.2) is 0 Å². The summed E-state index contributed by atoms with van der Waals surface area (Å²) in [5.74, 6) is -0.277. The summed E-state index contributed by atoms with van der Waals surface area (Å²) in [7, 11) is 0. The van der Waals surface area contributed by atoms with Gasteiger partial charge >= 0.3 is 6.18 Å². The van der Waals surface area contributed by atoms with Gasteiger partial charge in [0.25, 0.3) is 0 Å². The Hall–Kier alpha value is -3.23. The van der Waals surface area contributed by atoms with Crippen molar-refractivity contribution < 1.29 is 18.0 Å². The van der Waals surface area contributed by atoms with Crippen LogP contribution in [0.25, 0.3) is 11.4 Å². The van der Waals surface area contributed by atoms with E-state index in [2.05, 4.69) is 15.4 Å². The largest absolute Gasteiger partial charge is 0.416 e. The highest BCUT2D eigenvalue weighted by Crippen LogP contribution is 2.30. The zero-order valence-electron chi connectivity index (χ0n) is 13.4. The summed E-state index contributed by atoms with van der Waals surface area (Å²) >= 11 is 0. The molecule has 2 aromatic carbocycles. The number of primary amides is 1. The van der Waals surface area contributed by atoms with Crippen LogP contribution in [0.1, 0.15) is 16.7 Å². The molecule has 26 heavy (non-hydrogen) atoms. The van der Waals surface area contributed by atoms with Crippen LogP contribution >= 0.6 is 0 Å². The number of tetrazole rings is 1. The van der Waals surface area contributed by atoms with Crippen LogP contribution in [0.4, 0.5) is 13.2 Å². The van der Waals surface area contributed by atoms with Gasteiger partial charge in [0.05, 0.1) is 5.56 Å². The van der Waals surface area contributed by atoms with Gasteiger partial charge in [-0.25, -0.2) is 0 Å². The molecule has 0 radical (unpaired) electrons. The van der Waals surface area contributed by atoms with Crippen LogP contribution in [0.2, 0.25) is 0 Å². The number of carbonyl (C=O) groups excluding carboxylic acids is 1. The molecule has 3 rings (SSSR count). The molecule has 1 heterocycles. The summed E-state index contributed by atoms with van der Waals surface area (Å²) in [6, 6.07) is 12.2. The molecular weight excluding hydrogens is 347 g/mol. The van der Waals surface area contributed by atoms with Crippen LogP contribution in [-0.4, -0.2) is 26.1 Å². The maximum atomic E-state index is 12.7. The second-order valence-electron chi connectivity index (χ2n) is 5.64. The molecule has 0 atom stereocenters. The molecule has 1 aromatic heterocycles. The monoisotopic (exact) mass is 361 g/mol. The van der Waals surface area contributed by atoms with E-state index in [-0.39, 0.29) is 6.54 Å². The lowest BCUT2D eigenvalue weighted by atomic mass is 9.98. The Morgan fingerprint density at radius 1 is 1.08 bits per heavy atom. The number of hydrogen-bond donors (Lipinski definition) is 1. The molecule has 3 aromatic rings. The Morgan fingerprint density at radius 2 is 1.77 bits per heavy atom. The highest BCUT2D eigenvalue weighted by atomic mass is 19.4. The van der Waals surface area contributed by atoms with Gasteiger partial charge in [0.1, 0.15) is 6.54 Å². The number of benzene rings is 2. The van der Waals surface area contributed by atoms with E-state index in [4.69, 9.17) is 5.73 Å². The van der Waals surface area contributed by atoms with Gasteiger partial charge in [-0.2, -0.15) is 18.0 Å². The average molecular weight is 361 g/mol. The minimum Gasteiger partial charge on any atom is -0.368 e. The minimum absolute atomic E-state index is 0.186. The van der Waals surface area contributed by atoms with Crippen molar-refractivity contribution in [2.24, 2.45) is 5.73 Å². The van der Waals surface area contributed by atoms with Crippen LogP contribution in [0, 0.1) is 0 Å². The molecule has 0 spiro atoms. The highest BCUT2D eigenvalue weighted by Gasteiger charge is 2.29. The van der Waals surface area contributed by atoms with Crippen molar-refractivity contribution in [1.29, 1.82) is 0 Å². The van der Waals surface area contributed by atoms with Crippen molar-refractivity contribution >= 4 is 5.91 Å². The zero-order valence-corrected chi connectivity index (χ0v) is 13.4. The first-order chi connectivity index (χ1) is 12.3. The second kappa shape index (κ2) is 6.95. The van der Waals surface area contributed by atoms with Gasteiger partial charge in [-0.1, -0.05) is 36.4 Å². The maximum absolute atomic E-state index is 12.7. The third kappa shape index (κ3) is 4.05. The van der Waals surface area contributed by atoms with Crippen molar-refractivity contribution in [2.45, 2.75) is 19.1 Å². The second-order valence-corrected chi connectivity index (χ2v) is 5.64. The Balaban J connectivity index is 1.85. The molecule has 9 heteroatoms. The van der Waals surface area contributed by atoms with E-state index in [1.807, 2.05) is 12.1 Å². The molecule has 0 fully saturated rings. The molecule has 0 unspecified atom stereocenters. The first-order valence-electron chi connectivity index (χ1n) is 7.63. The van der Waals surface area contributed by atoms with Gasteiger partial charge in [-0.3, -0.25) is 4.79 Å². The molecule has 2 N–H and O–H groups in total. The molecule has 6 nitrogen and oxygen atoms in total. The van der Waals surface area contributed by atoms with Crippen LogP contribution in [0.15, 0.2) is 48.5 Å². The molecule has 0 aliphatic carbocycles. The van der Waals surface area contributed by atoms with Gasteiger partial charge < -0.3 is 5.73 Å². The predicted molar refractivity (Wildman–Crippen MR) is 86.7 cm³/mol. The van der Waals surface area contributed by atoms with Gasteiger partial charge in [0.2, 0.25) is 11.7 Å². The number of amides is 1. The van der Waals surface area contributed by atoms with Gasteiger partial charge in [-0.05, 0) is 34.9 Å². The van der Waals surface area contributed by atoms with Crippen molar-refractivity contribution in [3.8, 4) is 11.4 Å². The number of aromatic nitrogens is 4. The molecule has 0 saturated heterocycles. The number of alkyl halides is 3. The van der Waals surface area contributed by atoms with E-state index < -0.39 is 17.6 Å². The topological polar surface area (TPSA) is 86.7 Å². The highest BCUT2D eigenvalue weighted by molar-refractivity contribution is 5.73. The van der Waals surface area contributed by atoms with Crippen molar-refractivity contribution in [3.05, 3.63) is 65.2 Å². The standard InChI is InChI=1S/C17H14F3N5O/c18-17(19,20)13-7-5-11(6-8-13)9-12-3-1-2-4-14(12)16-22-24-25(23-16)10-15(21)26/h1-8H,9-10H2,(H2,21,26). The van der Waals surface area contributed by atoms with Gasteiger partial charge in [-0.15, -0.1) is 10.2 Å². The molecule has 0 aliphatic rings. The number of nitrogens with two attached hydrogens (primary N) is 1. The van der Waals surface area contributed by atoms with E-state index in [0.717, 1.165) is 28.1 Å². The van der Waals surface area contributed by atoms with Crippen LogP contribution < -0.4 is 5.73 Å². The van der Waals surface area contributed by atoms with E-state index in [1.165, 1.54) is 12.1 Å². The van der Waals surface area contributed by atoms with Crippen LogP contribution in [0.5, 0.6) is 0 Å². The lowest BCUT2D eigenvalue weighted by molar-refractivity contribution is -0.137. The number of halogens is 3. The lowest BCUT2D eigenvalue weighted by Crippen LogP contribution is -2.20. The number of rotatable bonds is 5. The summed E-state index contributed by atoms with van der Waals surface area (Å²) in [4.78, 5) is 12.0. The van der Waals surface area contributed by atoms with Gasteiger partial charge in [0, 0.05) is 5.56 Å². The molecule has 1 amide bonds. The summed E-state index contributed by atoms with van der Waals surface area (Å²) in [5, 5.41) is 11.8. The van der Waals surface area contributed by atoms with E-state index in [0.29, 0.717) is 17.8 Å². The van der Waals surface area contributed by atoms with E-state index in [9.17, 15) is 18.0 Å². The number of hydrogen-bond acceptors (Lipinski definition) is 4. The maximum Gasteiger partial charge on any atom is 0.416 e. The van der Waals surface area contributed by atoms with E-state index in [1.54, 1.807) is 12.1 Å². The summed E-state index contributed by atoms with van der Waals surface area (Å²) in [5.41, 5.74) is 6.64. The quantitative estimate of drug-likeness (QED) is 0.756. The Morgan fingerprint density at radius 3 is 2.42 bits per heavy atom. The average Bonchev–Trinajstić information content (AvgIpc) is 3.02. The Bertz CT molecular complexity index is 919. The van der Waals surface area contributed by atoms with E-state index >= 15 is 0 Å². The minimum atomic E-state index is -4.36. The third-order valence-corrected chi connectivity index (χ3v) is 3.68. The fourth-order valence-electron chi connectivity index (χ4n) is 2.48. The first kappa shape index (κ1) is 17.6. The zero-order chi connectivity index (χ0) is 18.7. The fourth-order valence-corrected chi connectivity index (χ4v) is 2.48. The Labute approximate surface area is 146 Å².